The minimum atomic E-state index is 0.168. The average Bonchev–Trinajstić information content (AvgIpc) is 2.69. The van der Waals surface area contributed by atoms with Gasteiger partial charge in [-0.25, -0.2) is 4.98 Å². The molecule has 2 rings (SSSR count). The van der Waals surface area contributed by atoms with E-state index in [0.29, 0.717) is 0 Å². The summed E-state index contributed by atoms with van der Waals surface area (Å²) in [6.45, 7) is 2.10. The molecule has 0 saturated carbocycles. The zero-order chi connectivity index (χ0) is 11.5. The minimum absolute atomic E-state index is 0.168. The molecule has 16 heavy (non-hydrogen) atoms. The van der Waals surface area contributed by atoms with Gasteiger partial charge < -0.3 is 9.88 Å². The summed E-state index contributed by atoms with van der Waals surface area (Å²) in [5.41, 5.74) is 3.57. The fraction of sp³-hybridized carbons (Fsp3) is 0.308. The standard InChI is InChI=1S/C13H17N3/c1-10-4-6-11(7-5-10)13(14-2)12-8-16(3)9-15-12/h4-9,13-14H,1-3H3. The van der Waals surface area contributed by atoms with E-state index in [4.69, 9.17) is 0 Å². The Kier molecular flexibility index (Phi) is 3.06. The van der Waals surface area contributed by atoms with E-state index in [2.05, 4.69) is 41.5 Å². The SMILES string of the molecule is CNC(c1ccc(C)cc1)c1cn(C)cn1. The highest BCUT2D eigenvalue weighted by atomic mass is 15.0. The molecule has 0 bridgehead atoms. The third kappa shape index (κ3) is 2.14. The molecule has 1 atom stereocenters. The van der Waals surface area contributed by atoms with Crippen LogP contribution in [0.25, 0.3) is 0 Å². The number of hydrogen-bond acceptors (Lipinski definition) is 2. The Balaban J connectivity index is 2.32. The molecule has 0 saturated heterocycles. The van der Waals surface area contributed by atoms with Crippen LogP contribution in [0.2, 0.25) is 0 Å². The van der Waals surface area contributed by atoms with Gasteiger partial charge in [0.15, 0.2) is 0 Å². The molecule has 0 aliphatic rings. The molecule has 3 heteroatoms. The molecule has 1 aromatic heterocycles. The van der Waals surface area contributed by atoms with Crippen molar-refractivity contribution in [1.82, 2.24) is 14.9 Å². The van der Waals surface area contributed by atoms with Gasteiger partial charge in [-0.15, -0.1) is 0 Å². The number of hydrogen-bond donors (Lipinski definition) is 1. The van der Waals surface area contributed by atoms with Crippen LogP contribution in [0.3, 0.4) is 0 Å². The Morgan fingerprint density at radius 3 is 2.44 bits per heavy atom. The second kappa shape index (κ2) is 4.49. The molecule has 0 radical (unpaired) electrons. The number of benzene rings is 1. The molecular formula is C13H17N3. The molecule has 0 aliphatic heterocycles. The second-order valence-corrected chi connectivity index (χ2v) is 4.10. The van der Waals surface area contributed by atoms with Gasteiger partial charge in [0, 0.05) is 13.2 Å². The van der Waals surface area contributed by atoms with Crippen LogP contribution in [0, 0.1) is 6.92 Å². The summed E-state index contributed by atoms with van der Waals surface area (Å²) >= 11 is 0. The number of aromatic nitrogens is 2. The molecule has 1 N–H and O–H groups in total. The quantitative estimate of drug-likeness (QED) is 0.849. The predicted molar refractivity (Wildman–Crippen MR) is 65.3 cm³/mol. The maximum Gasteiger partial charge on any atom is 0.0947 e. The highest BCUT2D eigenvalue weighted by Crippen LogP contribution is 2.20. The maximum absolute atomic E-state index is 4.39. The van der Waals surface area contributed by atoms with Gasteiger partial charge in [-0.05, 0) is 19.5 Å². The Bertz CT molecular complexity index is 456. The first-order chi connectivity index (χ1) is 7.70. The highest BCUT2D eigenvalue weighted by molar-refractivity contribution is 5.29. The largest absolute Gasteiger partial charge is 0.340 e. The first kappa shape index (κ1) is 10.9. The van der Waals surface area contributed by atoms with Crippen LogP contribution >= 0.6 is 0 Å². The van der Waals surface area contributed by atoms with Crippen molar-refractivity contribution in [2.75, 3.05) is 7.05 Å². The van der Waals surface area contributed by atoms with E-state index >= 15 is 0 Å². The lowest BCUT2D eigenvalue weighted by molar-refractivity contribution is 0.674. The summed E-state index contributed by atoms with van der Waals surface area (Å²) in [6.07, 6.45) is 3.87. The van der Waals surface area contributed by atoms with Gasteiger partial charge in [0.25, 0.3) is 0 Å². The van der Waals surface area contributed by atoms with Crippen molar-refractivity contribution in [3.05, 3.63) is 53.6 Å². The lowest BCUT2D eigenvalue weighted by atomic mass is 10.0. The summed E-state index contributed by atoms with van der Waals surface area (Å²) in [7, 11) is 3.94. The van der Waals surface area contributed by atoms with Crippen LogP contribution in [-0.4, -0.2) is 16.6 Å². The van der Waals surface area contributed by atoms with Crippen LogP contribution in [-0.2, 0) is 7.05 Å². The van der Waals surface area contributed by atoms with Crippen molar-refractivity contribution >= 4 is 0 Å². The minimum Gasteiger partial charge on any atom is -0.340 e. The first-order valence-corrected chi connectivity index (χ1v) is 5.42. The predicted octanol–water partition coefficient (Wildman–Crippen LogP) is 2.04. The van der Waals surface area contributed by atoms with Crippen LogP contribution in [0.4, 0.5) is 0 Å². The van der Waals surface area contributed by atoms with Crippen molar-refractivity contribution in [2.45, 2.75) is 13.0 Å². The smallest absolute Gasteiger partial charge is 0.0947 e. The average molecular weight is 215 g/mol. The molecule has 1 aromatic carbocycles. The van der Waals surface area contributed by atoms with Crippen LogP contribution < -0.4 is 5.32 Å². The van der Waals surface area contributed by atoms with Crippen molar-refractivity contribution in [3.8, 4) is 0 Å². The van der Waals surface area contributed by atoms with Crippen molar-refractivity contribution < 1.29 is 0 Å². The van der Waals surface area contributed by atoms with E-state index in [1.165, 1.54) is 11.1 Å². The van der Waals surface area contributed by atoms with Gasteiger partial charge in [0.05, 0.1) is 18.1 Å². The first-order valence-electron chi connectivity index (χ1n) is 5.42. The zero-order valence-corrected chi connectivity index (χ0v) is 9.94. The number of aryl methyl sites for hydroxylation is 2. The van der Waals surface area contributed by atoms with Crippen molar-refractivity contribution in [2.24, 2.45) is 7.05 Å². The molecule has 1 heterocycles. The van der Waals surface area contributed by atoms with Gasteiger partial charge in [-0.2, -0.15) is 0 Å². The normalized spacial score (nSPS) is 12.7. The fourth-order valence-corrected chi connectivity index (χ4v) is 1.83. The maximum atomic E-state index is 4.39. The third-order valence-electron chi connectivity index (χ3n) is 2.72. The van der Waals surface area contributed by atoms with Gasteiger partial charge in [0.1, 0.15) is 0 Å². The van der Waals surface area contributed by atoms with Crippen molar-refractivity contribution in [1.29, 1.82) is 0 Å². The Hall–Kier alpha value is -1.61. The van der Waals surface area contributed by atoms with Crippen LogP contribution in [0.5, 0.6) is 0 Å². The summed E-state index contributed by atoms with van der Waals surface area (Å²) in [5, 5.41) is 3.29. The topological polar surface area (TPSA) is 29.9 Å². The van der Waals surface area contributed by atoms with Crippen LogP contribution in [0.15, 0.2) is 36.8 Å². The van der Waals surface area contributed by atoms with Gasteiger partial charge in [-0.3, -0.25) is 0 Å². The second-order valence-electron chi connectivity index (χ2n) is 4.10. The van der Waals surface area contributed by atoms with E-state index in [1.807, 2.05) is 31.2 Å². The molecule has 1 unspecified atom stereocenters. The van der Waals surface area contributed by atoms with E-state index < -0.39 is 0 Å². The van der Waals surface area contributed by atoms with Crippen molar-refractivity contribution in [3.63, 3.8) is 0 Å². The molecule has 0 spiro atoms. The van der Waals surface area contributed by atoms with Gasteiger partial charge in [-0.1, -0.05) is 29.8 Å². The fourth-order valence-electron chi connectivity index (χ4n) is 1.83. The molecule has 0 aliphatic carbocycles. The molecular weight excluding hydrogens is 198 g/mol. The number of nitrogens with zero attached hydrogens (tertiary/aromatic N) is 2. The van der Waals surface area contributed by atoms with Gasteiger partial charge >= 0.3 is 0 Å². The molecule has 0 amide bonds. The number of imidazole rings is 1. The van der Waals surface area contributed by atoms with E-state index in [-0.39, 0.29) is 6.04 Å². The number of nitrogens with one attached hydrogen (secondary N) is 1. The molecule has 0 fully saturated rings. The molecule has 2 aromatic rings. The highest BCUT2D eigenvalue weighted by Gasteiger charge is 2.13. The lowest BCUT2D eigenvalue weighted by Gasteiger charge is -2.14. The van der Waals surface area contributed by atoms with Crippen LogP contribution in [0.1, 0.15) is 22.9 Å². The van der Waals surface area contributed by atoms with E-state index in [0.717, 1.165) is 5.69 Å². The summed E-state index contributed by atoms with van der Waals surface area (Å²) < 4.78 is 1.97. The molecule has 3 nitrogen and oxygen atoms in total. The van der Waals surface area contributed by atoms with E-state index in [9.17, 15) is 0 Å². The summed E-state index contributed by atoms with van der Waals surface area (Å²) in [5.74, 6) is 0. The number of rotatable bonds is 3. The Morgan fingerprint density at radius 1 is 1.25 bits per heavy atom. The Labute approximate surface area is 96.1 Å². The Morgan fingerprint density at radius 2 is 1.94 bits per heavy atom. The monoisotopic (exact) mass is 215 g/mol. The van der Waals surface area contributed by atoms with Gasteiger partial charge in [0.2, 0.25) is 0 Å². The zero-order valence-electron chi connectivity index (χ0n) is 9.94. The lowest BCUT2D eigenvalue weighted by Crippen LogP contribution is -2.17. The third-order valence-corrected chi connectivity index (χ3v) is 2.72. The summed E-state index contributed by atoms with van der Waals surface area (Å²) in [4.78, 5) is 4.39. The molecule has 84 valence electrons. The van der Waals surface area contributed by atoms with E-state index in [1.54, 1.807) is 0 Å². The summed E-state index contributed by atoms with van der Waals surface area (Å²) in [6, 6.07) is 8.71.